The van der Waals surface area contributed by atoms with E-state index in [1.165, 1.54) is 25.3 Å². The number of hydrogen-bond donors (Lipinski definition) is 2. The standard InChI is InChI=1S/C30H33N3O5S/c1-4-5-6-12-21(2)31-20-26-24-15-7-8-16-25(24)29(34)33(30(26)35)22-13-11-14-23(19-22)39(36,37)32-27-17-9-10-18-28(27)38-3/h7-11,13-21,32,35H,4-6,12H2,1-3H3/t21-/m1/s1. The summed E-state index contributed by atoms with van der Waals surface area (Å²) in [4.78, 5) is 18.1. The third-order valence-corrected chi connectivity index (χ3v) is 7.89. The van der Waals surface area contributed by atoms with Crippen LogP contribution in [-0.4, -0.2) is 37.5 Å². The molecule has 0 spiro atoms. The number of unbranched alkanes of at least 4 members (excludes halogenated alkanes) is 2. The Labute approximate surface area is 228 Å². The number of aliphatic imine (C=N–C) groups is 1. The number of benzene rings is 3. The smallest absolute Gasteiger partial charge is 0.265 e. The van der Waals surface area contributed by atoms with Crippen molar-refractivity contribution in [3.8, 4) is 17.3 Å². The summed E-state index contributed by atoms with van der Waals surface area (Å²) in [6.45, 7) is 4.17. The monoisotopic (exact) mass is 547 g/mol. The summed E-state index contributed by atoms with van der Waals surface area (Å²) in [7, 11) is -2.59. The van der Waals surface area contributed by atoms with Crippen LogP contribution >= 0.6 is 0 Å². The molecular weight excluding hydrogens is 514 g/mol. The highest BCUT2D eigenvalue weighted by atomic mass is 32.2. The van der Waals surface area contributed by atoms with Gasteiger partial charge in [-0.3, -0.25) is 14.5 Å². The molecule has 8 nitrogen and oxygen atoms in total. The summed E-state index contributed by atoms with van der Waals surface area (Å²) < 4.78 is 35.4. The van der Waals surface area contributed by atoms with E-state index in [1.54, 1.807) is 60.8 Å². The van der Waals surface area contributed by atoms with Gasteiger partial charge in [-0.2, -0.15) is 0 Å². The van der Waals surface area contributed by atoms with Gasteiger partial charge in [-0.05, 0) is 49.7 Å². The molecule has 0 aliphatic heterocycles. The maximum absolute atomic E-state index is 13.5. The summed E-state index contributed by atoms with van der Waals surface area (Å²) in [5.41, 5.74) is 0.413. The van der Waals surface area contributed by atoms with Crippen LogP contribution in [-0.2, 0) is 10.0 Å². The number of rotatable bonds is 11. The quantitative estimate of drug-likeness (QED) is 0.180. The first kappa shape index (κ1) is 27.9. The van der Waals surface area contributed by atoms with Crippen LogP contribution < -0.4 is 15.0 Å². The highest BCUT2D eigenvalue weighted by Crippen LogP contribution is 2.29. The number of fused-ring (bicyclic) bond motifs is 1. The second-order valence-corrected chi connectivity index (χ2v) is 11.0. The van der Waals surface area contributed by atoms with E-state index in [9.17, 15) is 18.3 Å². The summed E-state index contributed by atoms with van der Waals surface area (Å²) in [5, 5.41) is 12.3. The summed E-state index contributed by atoms with van der Waals surface area (Å²) in [5.74, 6) is 0.0592. The lowest BCUT2D eigenvalue weighted by molar-refractivity contribution is 0.417. The second-order valence-electron chi connectivity index (χ2n) is 9.35. The van der Waals surface area contributed by atoms with E-state index >= 15 is 0 Å². The second kappa shape index (κ2) is 12.2. The van der Waals surface area contributed by atoms with E-state index < -0.39 is 15.6 Å². The molecule has 0 bridgehead atoms. The number of aromatic nitrogens is 1. The van der Waals surface area contributed by atoms with Crippen LogP contribution in [0.3, 0.4) is 0 Å². The Morgan fingerprint density at radius 2 is 1.74 bits per heavy atom. The molecule has 0 saturated heterocycles. The molecule has 0 radical (unpaired) electrons. The van der Waals surface area contributed by atoms with Crippen molar-refractivity contribution in [3.63, 3.8) is 0 Å². The fourth-order valence-corrected chi connectivity index (χ4v) is 5.53. The molecular formula is C30H33N3O5S. The summed E-state index contributed by atoms with van der Waals surface area (Å²) >= 11 is 0. The Bertz CT molecular complexity index is 1660. The molecule has 1 aromatic heterocycles. The molecule has 0 aliphatic rings. The lowest BCUT2D eigenvalue weighted by Gasteiger charge is -2.16. The third-order valence-electron chi connectivity index (χ3n) is 6.52. The van der Waals surface area contributed by atoms with Gasteiger partial charge < -0.3 is 9.84 Å². The fourth-order valence-electron chi connectivity index (χ4n) is 4.42. The molecule has 0 amide bonds. The van der Waals surface area contributed by atoms with Crippen LogP contribution in [0.25, 0.3) is 16.5 Å². The minimum atomic E-state index is -4.04. The van der Waals surface area contributed by atoms with Crippen LogP contribution in [0.2, 0.25) is 0 Å². The van der Waals surface area contributed by atoms with Crippen molar-refractivity contribution in [2.24, 2.45) is 4.99 Å². The number of methoxy groups -OCH3 is 1. The third kappa shape index (κ3) is 6.15. The van der Waals surface area contributed by atoms with E-state index in [4.69, 9.17) is 4.74 Å². The molecule has 4 aromatic rings. The van der Waals surface area contributed by atoms with Gasteiger partial charge in [0.2, 0.25) is 5.88 Å². The van der Waals surface area contributed by atoms with Crippen molar-refractivity contribution >= 4 is 32.7 Å². The molecule has 0 unspecified atom stereocenters. The van der Waals surface area contributed by atoms with Crippen molar-refractivity contribution in [2.75, 3.05) is 11.8 Å². The number of sulfonamides is 1. The van der Waals surface area contributed by atoms with Gasteiger partial charge in [-0.15, -0.1) is 0 Å². The Balaban J connectivity index is 1.79. The molecule has 3 aromatic carbocycles. The van der Waals surface area contributed by atoms with Crippen molar-refractivity contribution < 1.29 is 18.3 Å². The minimum Gasteiger partial charge on any atom is -0.495 e. The Morgan fingerprint density at radius 1 is 1.03 bits per heavy atom. The number of hydrogen-bond acceptors (Lipinski definition) is 6. The van der Waals surface area contributed by atoms with E-state index in [-0.39, 0.29) is 28.2 Å². The van der Waals surface area contributed by atoms with Crippen molar-refractivity contribution in [3.05, 3.63) is 88.7 Å². The van der Waals surface area contributed by atoms with E-state index in [2.05, 4.69) is 16.6 Å². The zero-order chi connectivity index (χ0) is 28.0. The van der Waals surface area contributed by atoms with Gasteiger partial charge in [0.1, 0.15) is 5.75 Å². The zero-order valence-corrected chi connectivity index (χ0v) is 23.1. The first-order chi connectivity index (χ1) is 18.8. The number of nitrogens with one attached hydrogen (secondary N) is 1. The average molecular weight is 548 g/mol. The molecule has 0 saturated carbocycles. The Morgan fingerprint density at radius 3 is 2.49 bits per heavy atom. The molecule has 1 atom stereocenters. The molecule has 0 fully saturated rings. The van der Waals surface area contributed by atoms with Crippen LogP contribution in [0, 0.1) is 0 Å². The first-order valence-corrected chi connectivity index (χ1v) is 14.4. The van der Waals surface area contributed by atoms with Crippen molar-refractivity contribution in [2.45, 2.75) is 50.5 Å². The topological polar surface area (TPSA) is 110 Å². The van der Waals surface area contributed by atoms with Crippen LogP contribution in [0.4, 0.5) is 5.69 Å². The minimum absolute atomic E-state index is 0.0459. The Hall–Kier alpha value is -4.11. The fraction of sp³-hybridized carbons (Fsp3) is 0.267. The molecule has 4 rings (SSSR count). The van der Waals surface area contributed by atoms with Gasteiger partial charge in [0.25, 0.3) is 15.6 Å². The van der Waals surface area contributed by atoms with E-state index in [1.807, 2.05) is 6.92 Å². The number of nitrogens with zero attached hydrogens (tertiary/aromatic N) is 2. The molecule has 1 heterocycles. The van der Waals surface area contributed by atoms with Crippen molar-refractivity contribution in [1.29, 1.82) is 0 Å². The van der Waals surface area contributed by atoms with Gasteiger partial charge >= 0.3 is 0 Å². The largest absolute Gasteiger partial charge is 0.495 e. The molecule has 0 aliphatic carbocycles. The average Bonchev–Trinajstić information content (AvgIpc) is 2.93. The SMILES string of the molecule is CCCCC[C@@H](C)N=Cc1c(O)n(-c2cccc(S(=O)(=O)Nc3ccccc3OC)c2)c(=O)c2ccccc12. The number of anilines is 1. The molecule has 204 valence electrons. The van der Waals surface area contributed by atoms with Gasteiger partial charge in [-0.25, -0.2) is 13.0 Å². The maximum Gasteiger partial charge on any atom is 0.265 e. The van der Waals surface area contributed by atoms with Gasteiger partial charge in [0.15, 0.2) is 0 Å². The molecule has 9 heteroatoms. The lowest BCUT2D eigenvalue weighted by Crippen LogP contribution is -2.21. The summed E-state index contributed by atoms with van der Waals surface area (Å²) in [6, 6.07) is 19.6. The number of para-hydroxylation sites is 2. The van der Waals surface area contributed by atoms with Crippen LogP contribution in [0.15, 0.2) is 87.5 Å². The zero-order valence-electron chi connectivity index (χ0n) is 22.3. The summed E-state index contributed by atoms with van der Waals surface area (Å²) in [6.07, 6.45) is 5.83. The number of ether oxygens (including phenoxy) is 1. The van der Waals surface area contributed by atoms with Gasteiger partial charge in [0, 0.05) is 23.0 Å². The van der Waals surface area contributed by atoms with Gasteiger partial charge in [-0.1, -0.05) is 62.6 Å². The number of aromatic hydroxyl groups is 1. The lowest BCUT2D eigenvalue weighted by atomic mass is 10.1. The maximum atomic E-state index is 13.5. The Kier molecular flexibility index (Phi) is 8.71. The van der Waals surface area contributed by atoms with Crippen LogP contribution in [0.5, 0.6) is 11.6 Å². The molecule has 2 N–H and O–H groups in total. The van der Waals surface area contributed by atoms with E-state index in [0.717, 1.165) is 30.3 Å². The van der Waals surface area contributed by atoms with Crippen LogP contribution in [0.1, 0.15) is 45.1 Å². The predicted octanol–water partition coefficient (Wildman–Crippen LogP) is 5.89. The predicted molar refractivity (Wildman–Crippen MR) is 156 cm³/mol. The van der Waals surface area contributed by atoms with Crippen molar-refractivity contribution in [1.82, 2.24) is 4.57 Å². The highest BCUT2D eigenvalue weighted by molar-refractivity contribution is 7.92. The normalized spacial score (nSPS) is 12.6. The number of pyridine rings is 1. The molecule has 39 heavy (non-hydrogen) atoms. The first-order valence-electron chi connectivity index (χ1n) is 12.9. The van der Waals surface area contributed by atoms with E-state index in [0.29, 0.717) is 22.1 Å². The highest BCUT2D eigenvalue weighted by Gasteiger charge is 2.20. The van der Waals surface area contributed by atoms with Gasteiger partial charge in [0.05, 0.1) is 28.9 Å².